The van der Waals surface area contributed by atoms with Crippen molar-refractivity contribution in [3.05, 3.63) is 0 Å². The van der Waals surface area contributed by atoms with Crippen LogP contribution in [0.25, 0.3) is 0 Å². The summed E-state index contributed by atoms with van der Waals surface area (Å²) < 4.78 is 27.9. The van der Waals surface area contributed by atoms with E-state index < -0.39 is 14.6 Å². The molecule has 0 aromatic rings. The molecule has 0 radical (unpaired) electrons. The molecule has 5 heteroatoms. The third-order valence-corrected chi connectivity index (χ3v) is 2.68. The molecule has 1 saturated heterocycles. The van der Waals surface area contributed by atoms with E-state index in [1.807, 2.05) is 0 Å². The van der Waals surface area contributed by atoms with Crippen LogP contribution in [0, 0.1) is 5.92 Å². The van der Waals surface area contributed by atoms with Crippen LogP contribution >= 0.6 is 8.03 Å². The highest BCUT2D eigenvalue weighted by Crippen LogP contribution is 2.27. The van der Waals surface area contributed by atoms with Crippen molar-refractivity contribution in [2.45, 2.75) is 12.5 Å². The first-order chi connectivity index (χ1) is 6.13. The molecular weight excluding hydrogens is 179 g/mol. The van der Waals surface area contributed by atoms with E-state index in [1.54, 1.807) is 0 Å². The molecule has 4 atom stereocenters. The van der Waals surface area contributed by atoms with Crippen molar-refractivity contribution in [1.82, 2.24) is 0 Å². The molecule has 0 aromatic heterocycles. The fraction of sp³-hybridized carbons (Fsp3) is 1.00. The number of methoxy groups -OCH3 is 1. The first-order valence-corrected chi connectivity index (χ1v) is 5.18. The van der Waals surface area contributed by atoms with E-state index in [-0.39, 0.29) is 18.2 Å². The second-order valence-electron chi connectivity index (χ2n) is 2.81. The lowest BCUT2D eigenvalue weighted by molar-refractivity contribution is -0.165. The maximum absolute atomic E-state index is 10.5. The molecule has 0 amide bonds. The zero-order chi connectivity index (χ0) is 9.84. The van der Waals surface area contributed by atoms with Gasteiger partial charge in [-0.3, -0.25) is 0 Å². The van der Waals surface area contributed by atoms with E-state index in [0.29, 0.717) is 13.0 Å². The van der Waals surface area contributed by atoms with Crippen molar-refractivity contribution in [1.29, 1.82) is 0 Å². The van der Waals surface area contributed by atoms with Gasteiger partial charge >= 0.3 is 8.03 Å². The van der Waals surface area contributed by atoms with E-state index in [4.69, 9.17) is 10.8 Å². The fourth-order valence-electron chi connectivity index (χ4n) is 1.29. The molecule has 4 nitrogen and oxygen atoms in total. The van der Waals surface area contributed by atoms with Crippen molar-refractivity contribution in [2.75, 3.05) is 26.5 Å². The van der Waals surface area contributed by atoms with E-state index in [1.165, 1.54) is 7.11 Å². The Bertz CT molecular complexity index is 189. The first-order valence-electron chi connectivity index (χ1n) is 4.39. The highest BCUT2D eigenvalue weighted by atomic mass is 31.1. The van der Waals surface area contributed by atoms with Crippen LogP contribution in [-0.2, 0) is 14.0 Å². The normalized spacial score (nSPS) is 38.0. The topological polar surface area (TPSA) is 58.6 Å². The summed E-state index contributed by atoms with van der Waals surface area (Å²) in [4.78, 5) is 10.5. The molecular formula is C7H13O4P. The van der Waals surface area contributed by atoms with Crippen LogP contribution in [0.1, 0.15) is 7.79 Å². The highest BCUT2D eigenvalue weighted by Gasteiger charge is 2.31. The van der Waals surface area contributed by atoms with Gasteiger partial charge in [0.15, 0.2) is 0 Å². The lowest BCUT2D eigenvalue weighted by atomic mass is 10.1. The molecule has 1 aliphatic heterocycles. The average Bonchev–Trinajstić information content (AvgIpc) is 2.31. The highest BCUT2D eigenvalue weighted by molar-refractivity contribution is 7.36. The minimum atomic E-state index is -2.39. The molecule has 1 rings (SSSR count). The van der Waals surface area contributed by atoms with Crippen LogP contribution in [0.5, 0.6) is 0 Å². The van der Waals surface area contributed by atoms with Gasteiger partial charge in [0.05, 0.1) is 14.1 Å². The zero-order valence-corrected chi connectivity index (χ0v) is 7.83. The SMILES string of the molecule is [3H]C1C[C@H](C[P+](=O)[O-])[C@@H](COC)O1. The smallest absolute Gasteiger partial charge is 0.309 e. The van der Waals surface area contributed by atoms with Gasteiger partial charge in [-0.2, -0.15) is 0 Å². The monoisotopic (exact) mass is 194 g/mol. The van der Waals surface area contributed by atoms with Crippen LogP contribution < -0.4 is 4.89 Å². The molecule has 12 heavy (non-hydrogen) atoms. The Kier molecular flexibility index (Phi) is 3.48. The van der Waals surface area contributed by atoms with Crippen LogP contribution in [-0.4, -0.2) is 32.6 Å². The number of hydrogen-bond donors (Lipinski definition) is 0. The Morgan fingerprint density at radius 3 is 3.25 bits per heavy atom. The second-order valence-corrected chi connectivity index (χ2v) is 3.84. The standard InChI is InChI=1S/C7H13O4P/c1-10-4-7-6(2-3-11-7)5-12(8)9/h6-7H,2-5H2,1H3/t6-,7-/m1/s1/i3T/t3?,6-,7-. The maximum atomic E-state index is 10.5. The molecule has 0 N–H and O–H groups in total. The quantitative estimate of drug-likeness (QED) is 0.597. The Morgan fingerprint density at radius 2 is 2.67 bits per heavy atom. The van der Waals surface area contributed by atoms with Crippen LogP contribution in [0.15, 0.2) is 0 Å². The third-order valence-electron chi connectivity index (χ3n) is 1.91. The summed E-state index contributed by atoms with van der Waals surface area (Å²) in [5, 5.41) is 0. The molecule has 0 aromatic carbocycles. The molecule has 0 spiro atoms. The van der Waals surface area contributed by atoms with Crippen molar-refractivity contribution < 1.29 is 20.3 Å². The van der Waals surface area contributed by atoms with Crippen molar-refractivity contribution in [2.24, 2.45) is 5.92 Å². The summed E-state index contributed by atoms with van der Waals surface area (Å²) >= 11 is 0. The largest absolute Gasteiger partial charge is 0.596 e. The summed E-state index contributed by atoms with van der Waals surface area (Å²) in [6.07, 6.45) is 0.344. The van der Waals surface area contributed by atoms with Gasteiger partial charge in [-0.1, -0.05) is 4.57 Å². The predicted molar refractivity (Wildman–Crippen MR) is 42.2 cm³/mol. The summed E-state index contributed by atoms with van der Waals surface area (Å²) in [6.45, 7) is -0.233. The number of ether oxygens (including phenoxy) is 2. The molecule has 0 saturated carbocycles. The summed E-state index contributed by atoms with van der Waals surface area (Å²) in [5.41, 5.74) is 0. The van der Waals surface area contributed by atoms with Crippen LogP contribution in [0.4, 0.5) is 0 Å². The Morgan fingerprint density at radius 1 is 1.92 bits per heavy atom. The lowest BCUT2D eigenvalue weighted by Crippen LogP contribution is -2.24. The van der Waals surface area contributed by atoms with Gasteiger partial charge in [-0.15, -0.1) is 0 Å². The van der Waals surface area contributed by atoms with Crippen LogP contribution in [0.3, 0.4) is 0 Å². The van der Waals surface area contributed by atoms with Crippen molar-refractivity contribution in [3.63, 3.8) is 0 Å². The van der Waals surface area contributed by atoms with Gasteiger partial charge in [0.25, 0.3) is 0 Å². The van der Waals surface area contributed by atoms with Gasteiger partial charge in [0, 0.05) is 19.6 Å². The maximum Gasteiger partial charge on any atom is 0.309 e. The third kappa shape index (κ3) is 2.79. The Hall–Kier alpha value is -0.0200. The van der Waals surface area contributed by atoms with E-state index in [9.17, 15) is 9.46 Å². The Labute approximate surface area is 74.1 Å². The van der Waals surface area contributed by atoms with Crippen molar-refractivity contribution in [3.8, 4) is 0 Å². The molecule has 1 aliphatic rings. The molecule has 0 aliphatic carbocycles. The van der Waals surface area contributed by atoms with E-state index in [2.05, 4.69) is 0 Å². The molecule has 1 heterocycles. The number of rotatable bonds is 4. The van der Waals surface area contributed by atoms with Crippen molar-refractivity contribution >= 4 is 8.03 Å². The second kappa shape index (κ2) is 4.87. The first kappa shape index (κ1) is 8.57. The van der Waals surface area contributed by atoms with E-state index in [0.717, 1.165) is 0 Å². The minimum absolute atomic E-state index is 0.0800. The van der Waals surface area contributed by atoms with Gasteiger partial charge in [0.2, 0.25) is 0 Å². The van der Waals surface area contributed by atoms with E-state index >= 15 is 0 Å². The average molecular weight is 194 g/mol. The van der Waals surface area contributed by atoms with Gasteiger partial charge < -0.3 is 14.4 Å². The number of hydrogen-bond acceptors (Lipinski definition) is 4. The molecule has 70 valence electrons. The summed E-state index contributed by atoms with van der Waals surface area (Å²) in [6, 6.07) is 0. The lowest BCUT2D eigenvalue weighted by Gasteiger charge is -2.13. The minimum Gasteiger partial charge on any atom is -0.596 e. The molecule has 0 bridgehead atoms. The molecule has 1 fully saturated rings. The van der Waals surface area contributed by atoms with Crippen LogP contribution in [0.2, 0.25) is 0 Å². The molecule has 2 unspecified atom stereocenters. The summed E-state index contributed by atoms with van der Waals surface area (Å²) in [5.74, 6) is -0.0800. The fourth-order valence-corrected chi connectivity index (χ4v) is 2.06. The Balaban J connectivity index is 2.45. The van der Waals surface area contributed by atoms with Gasteiger partial charge in [0.1, 0.15) is 6.16 Å². The predicted octanol–water partition coefficient (Wildman–Crippen LogP) is 0.141. The van der Waals surface area contributed by atoms with Gasteiger partial charge in [-0.25, -0.2) is 0 Å². The summed E-state index contributed by atoms with van der Waals surface area (Å²) in [7, 11) is -0.850. The van der Waals surface area contributed by atoms with Gasteiger partial charge in [-0.05, 0) is 6.42 Å². The zero-order valence-electron chi connectivity index (χ0n) is 7.93.